The molecule has 1 N–H and O–H groups in total. The first-order valence-corrected chi connectivity index (χ1v) is 8.30. The summed E-state index contributed by atoms with van der Waals surface area (Å²) in [6.07, 6.45) is 2.37. The molecule has 0 spiro atoms. The van der Waals surface area contributed by atoms with E-state index in [1.54, 1.807) is 24.3 Å². The Morgan fingerprint density at radius 1 is 1.30 bits per heavy atom. The first-order chi connectivity index (χ1) is 9.50. The van der Waals surface area contributed by atoms with Crippen LogP contribution in [0.4, 0.5) is 0 Å². The fraction of sp³-hybridized carbons (Fsp3) is 0.571. The number of nitrogens with zero attached hydrogens (tertiary/aromatic N) is 1. The minimum atomic E-state index is -3.36. The zero-order valence-electron chi connectivity index (χ0n) is 12.0. The smallest absolute Gasteiger partial charge is 0.242 e. The van der Waals surface area contributed by atoms with Crippen molar-refractivity contribution in [2.24, 2.45) is 5.92 Å². The average Bonchev–Trinajstić information content (AvgIpc) is 2.46. The Morgan fingerprint density at radius 2 is 2.00 bits per heavy atom. The van der Waals surface area contributed by atoms with E-state index in [1.165, 1.54) is 31.2 Å². The van der Waals surface area contributed by atoms with E-state index in [4.69, 9.17) is 4.74 Å². The fourth-order valence-electron chi connectivity index (χ4n) is 2.20. The predicted molar refractivity (Wildman–Crippen MR) is 78.4 cm³/mol. The van der Waals surface area contributed by atoms with Gasteiger partial charge >= 0.3 is 0 Å². The van der Waals surface area contributed by atoms with E-state index in [9.17, 15) is 8.42 Å². The molecule has 0 bridgehead atoms. The third kappa shape index (κ3) is 3.71. The maximum Gasteiger partial charge on any atom is 0.242 e. The summed E-state index contributed by atoms with van der Waals surface area (Å²) in [5, 5.41) is 3.35. The van der Waals surface area contributed by atoms with Crippen molar-refractivity contribution in [1.29, 1.82) is 0 Å². The molecule has 5 nitrogen and oxygen atoms in total. The van der Waals surface area contributed by atoms with Crippen LogP contribution in [0.1, 0.15) is 12.8 Å². The third-order valence-electron chi connectivity index (χ3n) is 3.49. The van der Waals surface area contributed by atoms with E-state index >= 15 is 0 Å². The van der Waals surface area contributed by atoms with Crippen molar-refractivity contribution in [1.82, 2.24) is 9.62 Å². The summed E-state index contributed by atoms with van der Waals surface area (Å²) in [7, 11) is -0.314. The Labute approximate surface area is 121 Å². The van der Waals surface area contributed by atoms with Crippen molar-refractivity contribution in [2.75, 3.05) is 33.8 Å². The normalized spacial score (nSPS) is 20.1. The summed E-state index contributed by atoms with van der Waals surface area (Å²) < 4.78 is 30.8. The maximum absolute atomic E-state index is 11.9. The first kappa shape index (κ1) is 15.3. The molecule has 0 saturated carbocycles. The summed E-state index contributed by atoms with van der Waals surface area (Å²) in [5.41, 5.74) is 0. The number of hydrogen-bond donors (Lipinski definition) is 1. The molecule has 0 radical (unpaired) electrons. The second-order valence-electron chi connectivity index (χ2n) is 5.28. The Bertz CT molecular complexity index is 520. The molecule has 0 amide bonds. The van der Waals surface area contributed by atoms with Gasteiger partial charge in [0.15, 0.2) is 0 Å². The molecule has 112 valence electrons. The van der Waals surface area contributed by atoms with Gasteiger partial charge in [0, 0.05) is 26.6 Å². The Hall–Kier alpha value is -1.11. The molecule has 1 fully saturated rings. The van der Waals surface area contributed by atoms with Crippen LogP contribution in [0.3, 0.4) is 0 Å². The van der Waals surface area contributed by atoms with Gasteiger partial charge in [-0.25, -0.2) is 12.7 Å². The van der Waals surface area contributed by atoms with Crippen LogP contribution in [-0.2, 0) is 10.0 Å². The van der Waals surface area contributed by atoms with Crippen molar-refractivity contribution in [3.8, 4) is 5.75 Å². The molecule has 1 aliphatic rings. The lowest BCUT2D eigenvalue weighted by Crippen LogP contribution is -2.33. The van der Waals surface area contributed by atoms with Crippen LogP contribution in [0.15, 0.2) is 29.2 Å². The van der Waals surface area contributed by atoms with Crippen molar-refractivity contribution >= 4 is 10.0 Å². The van der Waals surface area contributed by atoms with Crippen molar-refractivity contribution in [3.05, 3.63) is 24.3 Å². The van der Waals surface area contributed by atoms with Gasteiger partial charge in [-0.05, 0) is 43.7 Å². The molecule has 6 heteroatoms. The lowest BCUT2D eigenvalue weighted by atomic mass is 10.0. The maximum atomic E-state index is 11.9. The van der Waals surface area contributed by atoms with Gasteiger partial charge in [0.25, 0.3) is 0 Å². The number of ether oxygens (including phenoxy) is 1. The fourth-order valence-corrected chi connectivity index (χ4v) is 3.10. The molecule has 0 aromatic heterocycles. The van der Waals surface area contributed by atoms with Crippen molar-refractivity contribution < 1.29 is 13.2 Å². The molecule has 2 rings (SSSR count). The van der Waals surface area contributed by atoms with Gasteiger partial charge < -0.3 is 10.1 Å². The summed E-state index contributed by atoms with van der Waals surface area (Å²) in [4.78, 5) is 0.286. The zero-order valence-corrected chi connectivity index (χ0v) is 12.8. The van der Waals surface area contributed by atoms with E-state index in [1.807, 2.05) is 0 Å². The van der Waals surface area contributed by atoms with Gasteiger partial charge in [-0.1, -0.05) is 0 Å². The summed E-state index contributed by atoms with van der Waals surface area (Å²) in [5.74, 6) is 1.25. The van der Waals surface area contributed by atoms with Gasteiger partial charge in [-0.3, -0.25) is 0 Å². The number of hydrogen-bond acceptors (Lipinski definition) is 4. The summed E-state index contributed by atoms with van der Waals surface area (Å²) >= 11 is 0. The Kier molecular flexibility index (Phi) is 5.01. The number of nitrogens with one attached hydrogen (secondary N) is 1. The highest BCUT2D eigenvalue weighted by Crippen LogP contribution is 2.19. The molecule has 1 aliphatic heterocycles. The number of piperidine rings is 1. The number of benzene rings is 1. The largest absolute Gasteiger partial charge is 0.493 e. The molecule has 1 atom stereocenters. The summed E-state index contributed by atoms with van der Waals surface area (Å²) in [6.45, 7) is 2.76. The average molecular weight is 298 g/mol. The van der Waals surface area contributed by atoms with E-state index < -0.39 is 10.0 Å². The van der Waals surface area contributed by atoms with Crippen LogP contribution in [0, 0.1) is 5.92 Å². The molecular formula is C14H22N2O3S. The minimum Gasteiger partial charge on any atom is -0.493 e. The minimum absolute atomic E-state index is 0.286. The monoisotopic (exact) mass is 298 g/mol. The first-order valence-electron chi connectivity index (χ1n) is 6.86. The third-order valence-corrected chi connectivity index (χ3v) is 5.32. The van der Waals surface area contributed by atoms with Gasteiger partial charge in [0.1, 0.15) is 5.75 Å². The van der Waals surface area contributed by atoms with E-state index in [-0.39, 0.29) is 4.90 Å². The molecule has 20 heavy (non-hydrogen) atoms. The Balaban J connectivity index is 1.94. The molecular weight excluding hydrogens is 276 g/mol. The van der Waals surface area contributed by atoms with Crippen LogP contribution in [0.2, 0.25) is 0 Å². The Morgan fingerprint density at radius 3 is 2.55 bits per heavy atom. The van der Waals surface area contributed by atoms with Crippen LogP contribution >= 0.6 is 0 Å². The second kappa shape index (κ2) is 6.56. The SMILES string of the molecule is CN(C)S(=O)(=O)c1ccc(OCC2CCCNC2)cc1. The number of rotatable bonds is 5. The molecule has 1 saturated heterocycles. The zero-order chi connectivity index (χ0) is 14.6. The molecule has 1 unspecified atom stereocenters. The van der Waals surface area contributed by atoms with Crippen LogP contribution in [0.25, 0.3) is 0 Å². The van der Waals surface area contributed by atoms with Crippen LogP contribution in [0.5, 0.6) is 5.75 Å². The highest BCUT2D eigenvalue weighted by Gasteiger charge is 2.17. The molecule has 1 aromatic rings. The van der Waals surface area contributed by atoms with E-state index in [0.29, 0.717) is 18.3 Å². The predicted octanol–water partition coefficient (Wildman–Crippen LogP) is 1.32. The topological polar surface area (TPSA) is 58.6 Å². The highest BCUT2D eigenvalue weighted by atomic mass is 32.2. The van der Waals surface area contributed by atoms with Crippen molar-refractivity contribution in [2.45, 2.75) is 17.7 Å². The van der Waals surface area contributed by atoms with Crippen molar-refractivity contribution in [3.63, 3.8) is 0 Å². The van der Waals surface area contributed by atoms with Gasteiger partial charge in [0.05, 0.1) is 11.5 Å². The molecule has 1 heterocycles. The van der Waals surface area contributed by atoms with Gasteiger partial charge in [-0.2, -0.15) is 0 Å². The van der Waals surface area contributed by atoms with Crippen LogP contribution in [-0.4, -0.2) is 46.5 Å². The lowest BCUT2D eigenvalue weighted by Gasteiger charge is -2.22. The highest BCUT2D eigenvalue weighted by molar-refractivity contribution is 7.89. The molecule has 1 aromatic carbocycles. The van der Waals surface area contributed by atoms with E-state index in [0.717, 1.165) is 13.1 Å². The molecule has 0 aliphatic carbocycles. The lowest BCUT2D eigenvalue weighted by molar-refractivity contribution is 0.218. The van der Waals surface area contributed by atoms with Crippen LogP contribution < -0.4 is 10.1 Å². The van der Waals surface area contributed by atoms with E-state index in [2.05, 4.69) is 5.32 Å². The second-order valence-corrected chi connectivity index (χ2v) is 7.43. The van der Waals surface area contributed by atoms with Gasteiger partial charge in [-0.15, -0.1) is 0 Å². The standard InChI is InChI=1S/C14H22N2O3S/c1-16(2)20(17,18)14-7-5-13(6-8-14)19-11-12-4-3-9-15-10-12/h5-8,12,15H,3-4,9-11H2,1-2H3. The summed E-state index contributed by atoms with van der Waals surface area (Å²) in [6, 6.07) is 6.60. The van der Waals surface area contributed by atoms with Gasteiger partial charge in [0.2, 0.25) is 10.0 Å². The quantitative estimate of drug-likeness (QED) is 0.890. The number of sulfonamides is 1.